The molecule has 3 fully saturated rings. The van der Waals surface area contributed by atoms with Gasteiger partial charge in [0.15, 0.2) is 5.82 Å². The number of hydrogen-bond acceptors (Lipinski definition) is 4. The highest BCUT2D eigenvalue weighted by Gasteiger charge is 2.35. The number of imidazole rings is 1. The number of aryl methyl sites for hydroxylation is 2. The lowest BCUT2D eigenvalue weighted by molar-refractivity contribution is -0.138. The smallest absolute Gasteiger partial charge is 0.290 e. The van der Waals surface area contributed by atoms with Gasteiger partial charge in [-0.15, -0.1) is 0 Å². The van der Waals surface area contributed by atoms with Crippen LogP contribution in [0.2, 0.25) is 0 Å². The van der Waals surface area contributed by atoms with Crippen LogP contribution in [-0.2, 0) is 11.8 Å². The number of hydrogen-bond donors (Lipinski definition) is 1. The van der Waals surface area contributed by atoms with Gasteiger partial charge in [0.25, 0.3) is 5.91 Å². The van der Waals surface area contributed by atoms with Crippen molar-refractivity contribution in [1.29, 1.82) is 0 Å². The Morgan fingerprint density at radius 1 is 1.10 bits per heavy atom. The summed E-state index contributed by atoms with van der Waals surface area (Å²) in [6.45, 7) is 3.24. The second-order valence-electron chi connectivity index (χ2n) is 9.25. The predicted octanol–water partition coefficient (Wildman–Crippen LogP) is 2.35. The van der Waals surface area contributed by atoms with Crippen LogP contribution in [0, 0.1) is 6.92 Å². The molecule has 7 heteroatoms. The molecule has 2 aromatic rings. The summed E-state index contributed by atoms with van der Waals surface area (Å²) in [7, 11) is 1.89. The van der Waals surface area contributed by atoms with Crippen LogP contribution in [0.25, 0.3) is 11.0 Å². The Balaban J connectivity index is 1.34. The van der Waals surface area contributed by atoms with E-state index in [1.54, 1.807) is 4.90 Å². The normalized spacial score (nSPS) is 25.2. The highest BCUT2D eigenvalue weighted by molar-refractivity contribution is 5.98. The van der Waals surface area contributed by atoms with E-state index in [2.05, 4.69) is 24.0 Å². The zero-order valence-corrected chi connectivity index (χ0v) is 17.8. The van der Waals surface area contributed by atoms with Crippen molar-refractivity contribution >= 4 is 22.8 Å². The summed E-state index contributed by atoms with van der Waals surface area (Å²) in [5.41, 5.74) is 4.30. The van der Waals surface area contributed by atoms with Gasteiger partial charge in [0.1, 0.15) is 6.54 Å². The fraction of sp³-hybridized carbons (Fsp3) is 0.609. The van der Waals surface area contributed by atoms with Crippen LogP contribution in [0.4, 0.5) is 0 Å². The lowest BCUT2D eigenvalue weighted by Crippen LogP contribution is -2.56. The van der Waals surface area contributed by atoms with E-state index in [9.17, 15) is 14.7 Å². The Kier molecular flexibility index (Phi) is 4.81. The average molecular weight is 411 g/mol. The number of piperazine rings is 1. The van der Waals surface area contributed by atoms with Crippen molar-refractivity contribution in [2.24, 2.45) is 7.05 Å². The number of fused-ring (bicyclic) bond motifs is 1. The fourth-order valence-electron chi connectivity index (χ4n) is 5.09. The Morgan fingerprint density at radius 3 is 2.50 bits per heavy atom. The van der Waals surface area contributed by atoms with Crippen LogP contribution in [0.1, 0.15) is 66.2 Å². The Hall–Kier alpha value is -2.41. The standard InChI is InChI=1S/C23H30N4O3/c1-14-11-16(15-3-4-15)12-19-21(14)24-22(25(19)2)23(30)26-9-10-27(20(29)13-26)17-5-7-18(28)8-6-17/h11-12,15,17-18,28H,3-10,13H2,1-2H3. The SMILES string of the molecule is Cc1cc(C2CC2)cc2c1nc(C(=O)N1CCN(C3CCC(O)CC3)C(=O)C1)n2C. The fourth-order valence-corrected chi connectivity index (χ4v) is 5.09. The number of aliphatic hydroxyl groups is 1. The maximum absolute atomic E-state index is 13.2. The Labute approximate surface area is 176 Å². The Bertz CT molecular complexity index is 1000. The lowest BCUT2D eigenvalue weighted by atomic mass is 9.91. The number of rotatable bonds is 3. The third kappa shape index (κ3) is 3.39. The zero-order chi connectivity index (χ0) is 21.0. The molecule has 2 amide bonds. The highest BCUT2D eigenvalue weighted by atomic mass is 16.3. The summed E-state index contributed by atoms with van der Waals surface area (Å²) in [6.07, 6.45) is 5.42. The molecule has 2 heterocycles. The van der Waals surface area contributed by atoms with Crippen LogP contribution in [0.15, 0.2) is 12.1 Å². The van der Waals surface area contributed by atoms with Gasteiger partial charge in [-0.25, -0.2) is 4.98 Å². The molecule has 0 unspecified atom stereocenters. The monoisotopic (exact) mass is 410 g/mol. The zero-order valence-electron chi connectivity index (χ0n) is 17.8. The van der Waals surface area contributed by atoms with Crippen molar-refractivity contribution in [1.82, 2.24) is 19.4 Å². The second-order valence-corrected chi connectivity index (χ2v) is 9.25. The van der Waals surface area contributed by atoms with Crippen LogP contribution in [0.3, 0.4) is 0 Å². The molecule has 7 nitrogen and oxygen atoms in total. The van der Waals surface area contributed by atoms with Gasteiger partial charge in [-0.3, -0.25) is 9.59 Å². The molecule has 1 N–H and O–H groups in total. The predicted molar refractivity (Wildman–Crippen MR) is 113 cm³/mol. The molecular formula is C23H30N4O3. The van der Waals surface area contributed by atoms with E-state index in [1.165, 1.54) is 18.4 Å². The summed E-state index contributed by atoms with van der Waals surface area (Å²) in [4.78, 5) is 34.3. The van der Waals surface area contributed by atoms with E-state index in [-0.39, 0.29) is 30.5 Å². The molecule has 160 valence electrons. The van der Waals surface area contributed by atoms with E-state index in [0.717, 1.165) is 42.3 Å². The van der Waals surface area contributed by atoms with Crippen LogP contribution in [-0.4, -0.2) is 68.1 Å². The topological polar surface area (TPSA) is 78.7 Å². The summed E-state index contributed by atoms with van der Waals surface area (Å²) < 4.78 is 1.88. The number of nitrogens with zero attached hydrogens (tertiary/aromatic N) is 4. The molecule has 1 aliphatic heterocycles. The van der Waals surface area contributed by atoms with Crippen molar-refractivity contribution < 1.29 is 14.7 Å². The van der Waals surface area contributed by atoms with Crippen molar-refractivity contribution in [3.63, 3.8) is 0 Å². The van der Waals surface area contributed by atoms with Crippen LogP contribution >= 0.6 is 0 Å². The van der Waals surface area contributed by atoms with Gasteiger partial charge in [0.2, 0.25) is 5.91 Å². The van der Waals surface area contributed by atoms with Crippen molar-refractivity contribution in [3.8, 4) is 0 Å². The third-order valence-corrected chi connectivity index (χ3v) is 7.09. The summed E-state index contributed by atoms with van der Waals surface area (Å²) >= 11 is 0. The van der Waals surface area contributed by atoms with E-state index >= 15 is 0 Å². The summed E-state index contributed by atoms with van der Waals surface area (Å²) in [5.74, 6) is 0.881. The second kappa shape index (κ2) is 7.38. The molecule has 30 heavy (non-hydrogen) atoms. The van der Waals surface area contributed by atoms with E-state index in [4.69, 9.17) is 0 Å². The molecule has 5 rings (SSSR count). The molecular weight excluding hydrogens is 380 g/mol. The van der Waals surface area contributed by atoms with Crippen LogP contribution < -0.4 is 0 Å². The van der Waals surface area contributed by atoms with Gasteiger partial charge in [0, 0.05) is 26.2 Å². The Morgan fingerprint density at radius 2 is 1.83 bits per heavy atom. The molecule has 1 saturated heterocycles. The largest absolute Gasteiger partial charge is 0.393 e. The quantitative estimate of drug-likeness (QED) is 0.843. The van der Waals surface area contributed by atoms with Gasteiger partial charge in [0.05, 0.1) is 17.1 Å². The van der Waals surface area contributed by atoms with E-state index in [0.29, 0.717) is 24.8 Å². The number of carbonyl (C=O) groups excluding carboxylic acids is 2. The molecule has 2 saturated carbocycles. The first-order chi connectivity index (χ1) is 14.4. The first-order valence-electron chi connectivity index (χ1n) is 11.2. The molecule has 1 aromatic carbocycles. The molecule has 2 aliphatic carbocycles. The van der Waals surface area contributed by atoms with E-state index in [1.807, 2.05) is 16.5 Å². The minimum Gasteiger partial charge on any atom is -0.393 e. The van der Waals surface area contributed by atoms with E-state index < -0.39 is 0 Å². The van der Waals surface area contributed by atoms with Gasteiger partial charge < -0.3 is 19.5 Å². The lowest BCUT2D eigenvalue weighted by Gasteiger charge is -2.41. The number of benzene rings is 1. The minimum absolute atomic E-state index is 0.00181. The average Bonchev–Trinajstić information content (AvgIpc) is 3.53. The maximum Gasteiger partial charge on any atom is 0.290 e. The van der Waals surface area contributed by atoms with Gasteiger partial charge in [-0.2, -0.15) is 0 Å². The third-order valence-electron chi connectivity index (χ3n) is 7.09. The molecule has 0 bridgehead atoms. The van der Waals surface area contributed by atoms with Gasteiger partial charge in [-0.05, 0) is 68.6 Å². The molecule has 0 spiro atoms. The van der Waals surface area contributed by atoms with Crippen LogP contribution in [0.5, 0.6) is 0 Å². The first kappa shape index (κ1) is 19.5. The number of aliphatic hydroxyl groups excluding tert-OH is 1. The maximum atomic E-state index is 13.2. The van der Waals surface area contributed by atoms with Crippen molar-refractivity contribution in [2.75, 3.05) is 19.6 Å². The minimum atomic E-state index is -0.236. The van der Waals surface area contributed by atoms with Gasteiger partial charge in [-0.1, -0.05) is 6.07 Å². The van der Waals surface area contributed by atoms with Crippen molar-refractivity contribution in [3.05, 3.63) is 29.1 Å². The first-order valence-corrected chi connectivity index (χ1v) is 11.2. The molecule has 0 radical (unpaired) electrons. The molecule has 3 aliphatic rings. The highest BCUT2D eigenvalue weighted by Crippen LogP contribution is 2.41. The van der Waals surface area contributed by atoms with Gasteiger partial charge >= 0.3 is 0 Å². The molecule has 0 atom stereocenters. The number of carbonyl (C=O) groups is 2. The number of aromatic nitrogens is 2. The summed E-state index contributed by atoms with van der Waals surface area (Å²) in [5, 5.41) is 9.72. The number of amides is 2. The molecule has 1 aromatic heterocycles. The van der Waals surface area contributed by atoms with Crippen molar-refractivity contribution in [2.45, 2.75) is 63.5 Å². The summed E-state index contributed by atoms with van der Waals surface area (Å²) in [6, 6.07) is 4.56.